The Morgan fingerprint density at radius 2 is 2.04 bits per heavy atom. The topological polar surface area (TPSA) is 100 Å². The van der Waals surface area contributed by atoms with Crippen molar-refractivity contribution >= 4 is 17.5 Å². The number of rotatable bonds is 3. The molecule has 2 amide bonds. The van der Waals surface area contributed by atoms with Crippen molar-refractivity contribution in [1.29, 1.82) is 0 Å². The first-order valence-electron chi connectivity index (χ1n) is 7.93. The minimum Gasteiger partial charge on any atom is -0.477 e. The van der Waals surface area contributed by atoms with E-state index in [0.717, 1.165) is 12.8 Å². The van der Waals surface area contributed by atoms with E-state index in [1.54, 1.807) is 17.6 Å². The molecular formula is C16H21N3O5. The van der Waals surface area contributed by atoms with Gasteiger partial charge >= 0.3 is 0 Å². The minimum atomic E-state index is -0.608. The maximum atomic E-state index is 12.4. The molecule has 1 aromatic carbocycles. The number of amides is 2. The summed E-state index contributed by atoms with van der Waals surface area (Å²) in [5.41, 5.74) is 2.62. The number of nitrogens with zero attached hydrogens (tertiary/aromatic N) is 1. The molecule has 1 unspecified atom stereocenters. The molecule has 0 saturated carbocycles. The molecule has 24 heavy (non-hydrogen) atoms. The fraction of sp³-hybridized carbons (Fsp3) is 0.500. The summed E-state index contributed by atoms with van der Waals surface area (Å²) in [6.07, 6.45) is 1.01. The second-order valence-corrected chi connectivity index (χ2v) is 6.01. The molecule has 2 aliphatic heterocycles. The van der Waals surface area contributed by atoms with Gasteiger partial charge in [-0.2, -0.15) is 0 Å². The summed E-state index contributed by atoms with van der Waals surface area (Å²) >= 11 is 0. The van der Waals surface area contributed by atoms with Crippen molar-refractivity contribution in [3.05, 3.63) is 23.8 Å². The third-order valence-corrected chi connectivity index (χ3v) is 4.30. The average molecular weight is 335 g/mol. The second kappa shape index (κ2) is 7.06. The molecule has 0 spiro atoms. The van der Waals surface area contributed by atoms with Gasteiger partial charge in [-0.25, -0.2) is 5.48 Å². The number of carbonyl (C=O) groups is 2. The molecule has 130 valence electrons. The third kappa shape index (κ3) is 3.44. The Hall–Kier alpha value is -2.32. The first kappa shape index (κ1) is 16.5. The summed E-state index contributed by atoms with van der Waals surface area (Å²) in [4.78, 5) is 25.8. The molecule has 3 N–H and O–H groups in total. The summed E-state index contributed by atoms with van der Waals surface area (Å²) in [5, 5.41) is 11.7. The van der Waals surface area contributed by atoms with Crippen LogP contribution in [0, 0.1) is 0 Å². The van der Waals surface area contributed by atoms with Crippen molar-refractivity contribution in [1.82, 2.24) is 10.8 Å². The normalized spacial score (nSPS) is 20.8. The molecule has 1 fully saturated rings. The van der Waals surface area contributed by atoms with Gasteiger partial charge in [-0.15, -0.1) is 0 Å². The fourth-order valence-electron chi connectivity index (χ4n) is 2.93. The fourth-order valence-corrected chi connectivity index (χ4v) is 2.93. The molecule has 2 aliphatic rings. The van der Waals surface area contributed by atoms with Crippen molar-refractivity contribution in [2.45, 2.75) is 25.0 Å². The monoisotopic (exact) mass is 335 g/mol. The predicted molar refractivity (Wildman–Crippen MR) is 85.4 cm³/mol. The van der Waals surface area contributed by atoms with Crippen molar-refractivity contribution in [2.75, 3.05) is 31.7 Å². The van der Waals surface area contributed by atoms with E-state index in [1.807, 2.05) is 11.9 Å². The van der Waals surface area contributed by atoms with Crippen molar-refractivity contribution in [3.8, 4) is 5.75 Å². The van der Waals surface area contributed by atoms with Crippen LogP contribution in [0.2, 0.25) is 0 Å². The first-order chi connectivity index (χ1) is 11.6. The van der Waals surface area contributed by atoms with Crippen LogP contribution in [0.4, 0.5) is 5.69 Å². The number of fused-ring (bicyclic) bond motifs is 1. The zero-order valence-electron chi connectivity index (χ0n) is 13.4. The molecule has 1 atom stereocenters. The van der Waals surface area contributed by atoms with Crippen LogP contribution >= 0.6 is 0 Å². The number of ether oxygens (including phenoxy) is 2. The molecule has 1 aromatic rings. The van der Waals surface area contributed by atoms with E-state index in [1.165, 1.54) is 6.07 Å². The molecule has 3 rings (SSSR count). The van der Waals surface area contributed by atoms with Crippen LogP contribution in [-0.4, -0.2) is 56.0 Å². The zero-order valence-corrected chi connectivity index (χ0v) is 13.4. The Bertz CT molecular complexity index is 630. The van der Waals surface area contributed by atoms with Gasteiger partial charge in [0, 0.05) is 31.9 Å². The largest absolute Gasteiger partial charge is 0.477 e. The first-order valence-corrected chi connectivity index (χ1v) is 7.93. The molecule has 0 bridgehead atoms. The SMILES string of the molecule is CN1CC(C(=O)NC2CCOCC2)Oc2ccc(C(=O)NO)cc21. The van der Waals surface area contributed by atoms with Crippen LogP contribution in [-0.2, 0) is 9.53 Å². The standard InChI is InChI=1S/C16H21N3O5/c1-19-9-14(16(21)17-11-4-6-23-7-5-11)24-13-3-2-10(8-12(13)19)15(20)18-22/h2-3,8,11,14,22H,4-7,9H2,1H3,(H,17,21)(H,18,20). The van der Waals surface area contributed by atoms with E-state index in [0.29, 0.717) is 36.8 Å². The Morgan fingerprint density at radius 3 is 2.75 bits per heavy atom. The Balaban J connectivity index is 1.69. The number of likely N-dealkylation sites (N-methyl/N-ethyl adjacent to an activating group) is 1. The molecular weight excluding hydrogens is 314 g/mol. The van der Waals surface area contributed by atoms with Gasteiger partial charge in [0.15, 0.2) is 6.10 Å². The van der Waals surface area contributed by atoms with Crippen LogP contribution in [0.1, 0.15) is 23.2 Å². The quantitative estimate of drug-likeness (QED) is 0.543. The van der Waals surface area contributed by atoms with Crippen LogP contribution in [0.5, 0.6) is 5.75 Å². The van der Waals surface area contributed by atoms with E-state index < -0.39 is 12.0 Å². The second-order valence-electron chi connectivity index (χ2n) is 6.01. The lowest BCUT2D eigenvalue weighted by atomic mass is 10.1. The van der Waals surface area contributed by atoms with E-state index >= 15 is 0 Å². The lowest BCUT2D eigenvalue weighted by Gasteiger charge is -2.34. The summed E-state index contributed by atoms with van der Waals surface area (Å²) in [6, 6.07) is 4.91. The summed E-state index contributed by atoms with van der Waals surface area (Å²) in [6.45, 7) is 1.70. The van der Waals surface area contributed by atoms with Crippen LogP contribution in [0.25, 0.3) is 0 Å². The number of nitrogens with one attached hydrogen (secondary N) is 2. The number of anilines is 1. The highest BCUT2D eigenvalue weighted by Crippen LogP contribution is 2.33. The number of hydroxylamine groups is 1. The van der Waals surface area contributed by atoms with E-state index in [9.17, 15) is 9.59 Å². The molecule has 2 heterocycles. The van der Waals surface area contributed by atoms with E-state index in [4.69, 9.17) is 14.7 Å². The molecule has 0 aromatic heterocycles. The number of hydrogen-bond acceptors (Lipinski definition) is 6. The number of carbonyl (C=O) groups excluding carboxylic acids is 2. The maximum Gasteiger partial charge on any atom is 0.274 e. The Kier molecular flexibility index (Phi) is 4.86. The zero-order chi connectivity index (χ0) is 17.1. The van der Waals surface area contributed by atoms with Gasteiger partial charge < -0.3 is 19.7 Å². The Morgan fingerprint density at radius 1 is 1.29 bits per heavy atom. The average Bonchev–Trinajstić information content (AvgIpc) is 2.61. The Labute approximate surface area is 139 Å². The van der Waals surface area contributed by atoms with Crippen molar-refractivity contribution in [2.24, 2.45) is 0 Å². The summed E-state index contributed by atoms with van der Waals surface area (Å²) in [7, 11) is 1.83. The van der Waals surface area contributed by atoms with Crippen LogP contribution in [0.15, 0.2) is 18.2 Å². The van der Waals surface area contributed by atoms with Gasteiger partial charge in [0.25, 0.3) is 11.8 Å². The summed E-state index contributed by atoms with van der Waals surface area (Å²) in [5.74, 6) is -0.201. The van der Waals surface area contributed by atoms with Gasteiger partial charge in [-0.05, 0) is 31.0 Å². The van der Waals surface area contributed by atoms with E-state index in [-0.39, 0.29) is 11.9 Å². The maximum absolute atomic E-state index is 12.4. The highest BCUT2D eigenvalue weighted by molar-refractivity contribution is 5.95. The number of hydrogen-bond donors (Lipinski definition) is 3. The minimum absolute atomic E-state index is 0.122. The molecule has 0 aliphatic carbocycles. The molecule has 8 heteroatoms. The lowest BCUT2D eigenvalue weighted by molar-refractivity contribution is -0.129. The third-order valence-electron chi connectivity index (χ3n) is 4.30. The van der Waals surface area contributed by atoms with Gasteiger partial charge in [0.1, 0.15) is 5.75 Å². The smallest absolute Gasteiger partial charge is 0.274 e. The highest BCUT2D eigenvalue weighted by Gasteiger charge is 2.31. The predicted octanol–water partition coefficient (Wildman–Crippen LogP) is 0.298. The van der Waals surface area contributed by atoms with Crippen molar-refractivity contribution < 1.29 is 24.3 Å². The van der Waals surface area contributed by atoms with E-state index in [2.05, 4.69) is 5.32 Å². The van der Waals surface area contributed by atoms with Gasteiger partial charge in [-0.1, -0.05) is 0 Å². The highest BCUT2D eigenvalue weighted by atomic mass is 16.5. The van der Waals surface area contributed by atoms with Gasteiger partial charge in [0.05, 0.1) is 12.2 Å². The van der Waals surface area contributed by atoms with Crippen LogP contribution < -0.4 is 20.4 Å². The lowest BCUT2D eigenvalue weighted by Crippen LogP contribution is -2.51. The molecule has 8 nitrogen and oxygen atoms in total. The molecule has 1 saturated heterocycles. The molecule has 0 radical (unpaired) electrons. The van der Waals surface area contributed by atoms with Gasteiger partial charge in [0.2, 0.25) is 0 Å². The van der Waals surface area contributed by atoms with Crippen molar-refractivity contribution in [3.63, 3.8) is 0 Å². The van der Waals surface area contributed by atoms with Gasteiger partial charge in [-0.3, -0.25) is 14.8 Å². The summed E-state index contributed by atoms with van der Waals surface area (Å²) < 4.78 is 11.1. The van der Waals surface area contributed by atoms with Crippen LogP contribution in [0.3, 0.4) is 0 Å². The number of benzene rings is 1.